The monoisotopic (exact) mass is 471 g/mol. The van der Waals surface area contributed by atoms with Crippen molar-refractivity contribution in [2.75, 3.05) is 13.2 Å². The van der Waals surface area contributed by atoms with E-state index in [1.807, 2.05) is 24.3 Å². The summed E-state index contributed by atoms with van der Waals surface area (Å²) in [5.41, 5.74) is 4.24. The van der Waals surface area contributed by atoms with Gasteiger partial charge in [0.2, 0.25) is 0 Å². The SMILES string of the molecule is CC1(C)CC(=O)C2=C(C1)N(CCO)C1=C(C(=O)CC(C)(C)C1)C2c1ccc(Br)cc1. The summed E-state index contributed by atoms with van der Waals surface area (Å²) in [5, 5.41) is 9.84. The number of allylic oxidation sites excluding steroid dienone is 4. The van der Waals surface area contributed by atoms with E-state index in [9.17, 15) is 14.7 Å². The number of hydrogen-bond donors (Lipinski definition) is 1. The quantitative estimate of drug-likeness (QED) is 0.663. The minimum atomic E-state index is -0.315. The molecular formula is C25H30BrNO3. The summed E-state index contributed by atoms with van der Waals surface area (Å²) >= 11 is 3.50. The van der Waals surface area contributed by atoms with Crippen LogP contribution in [0.3, 0.4) is 0 Å². The molecule has 0 amide bonds. The van der Waals surface area contributed by atoms with E-state index in [0.29, 0.717) is 19.4 Å². The highest BCUT2D eigenvalue weighted by molar-refractivity contribution is 9.10. The van der Waals surface area contributed by atoms with Crippen molar-refractivity contribution in [3.63, 3.8) is 0 Å². The average Bonchev–Trinajstić information content (AvgIpc) is 2.61. The van der Waals surface area contributed by atoms with Gasteiger partial charge in [0.05, 0.1) is 6.61 Å². The molecule has 0 bridgehead atoms. The maximum absolute atomic E-state index is 13.5. The third-order valence-corrected chi connectivity index (χ3v) is 7.08. The number of hydrogen-bond acceptors (Lipinski definition) is 4. The Morgan fingerprint density at radius 3 is 1.80 bits per heavy atom. The van der Waals surface area contributed by atoms with Crippen molar-refractivity contribution in [2.24, 2.45) is 10.8 Å². The molecule has 2 aliphatic carbocycles. The molecule has 0 unspecified atom stereocenters. The first-order chi connectivity index (χ1) is 14.0. The zero-order valence-electron chi connectivity index (χ0n) is 18.2. The second-order valence-electron chi connectivity index (χ2n) is 10.5. The summed E-state index contributed by atoms with van der Waals surface area (Å²) < 4.78 is 0.972. The van der Waals surface area contributed by atoms with Gasteiger partial charge in [0.1, 0.15) is 0 Å². The third-order valence-electron chi connectivity index (χ3n) is 6.55. The van der Waals surface area contributed by atoms with Crippen LogP contribution in [0.1, 0.15) is 64.9 Å². The first kappa shape index (κ1) is 21.5. The highest BCUT2D eigenvalue weighted by Gasteiger charge is 2.48. The average molecular weight is 472 g/mol. The molecule has 3 aliphatic rings. The molecule has 4 nitrogen and oxygen atoms in total. The zero-order valence-corrected chi connectivity index (χ0v) is 19.8. The lowest BCUT2D eigenvalue weighted by atomic mass is 9.63. The maximum Gasteiger partial charge on any atom is 0.162 e. The number of Topliss-reactive ketones (excluding diaryl/α,β-unsaturated/α-hetero) is 2. The Morgan fingerprint density at radius 1 is 0.900 bits per heavy atom. The molecule has 0 spiro atoms. The van der Waals surface area contributed by atoms with Crippen LogP contribution in [0.2, 0.25) is 0 Å². The van der Waals surface area contributed by atoms with Crippen LogP contribution in [0, 0.1) is 10.8 Å². The Hall–Kier alpha value is -1.72. The van der Waals surface area contributed by atoms with Gasteiger partial charge in [0.25, 0.3) is 0 Å². The molecule has 0 radical (unpaired) electrons. The van der Waals surface area contributed by atoms with Crippen LogP contribution in [0.5, 0.6) is 0 Å². The summed E-state index contributed by atoms with van der Waals surface area (Å²) in [6, 6.07) is 7.99. The Bertz CT molecular complexity index is 915. The van der Waals surface area contributed by atoms with Crippen LogP contribution in [0.25, 0.3) is 0 Å². The Morgan fingerprint density at radius 2 is 1.37 bits per heavy atom. The summed E-state index contributed by atoms with van der Waals surface area (Å²) in [7, 11) is 0. The van der Waals surface area contributed by atoms with E-state index in [-0.39, 0.29) is 34.9 Å². The minimum Gasteiger partial charge on any atom is -0.395 e. The number of nitrogens with zero attached hydrogens (tertiary/aromatic N) is 1. The number of carbonyl (C=O) groups is 2. The highest BCUT2D eigenvalue weighted by atomic mass is 79.9. The van der Waals surface area contributed by atoms with E-state index in [4.69, 9.17) is 0 Å². The zero-order chi connectivity index (χ0) is 21.8. The van der Waals surface area contributed by atoms with Crippen LogP contribution in [0.4, 0.5) is 0 Å². The predicted molar refractivity (Wildman–Crippen MR) is 121 cm³/mol. The van der Waals surface area contributed by atoms with Gasteiger partial charge in [-0.3, -0.25) is 9.59 Å². The lowest BCUT2D eigenvalue weighted by Crippen LogP contribution is -2.45. The molecule has 30 heavy (non-hydrogen) atoms. The van der Waals surface area contributed by atoms with Crippen molar-refractivity contribution in [1.29, 1.82) is 0 Å². The Kier molecular flexibility index (Phi) is 5.34. The standard InChI is InChI=1S/C25H30BrNO3/c1-24(2)11-17-22(19(29)13-24)21(15-5-7-16(26)8-6-15)23-18(27(17)9-10-28)12-25(3,4)14-20(23)30/h5-8,21,28H,9-14H2,1-4H3. The van der Waals surface area contributed by atoms with Crippen molar-refractivity contribution in [3.05, 3.63) is 56.8 Å². The second-order valence-corrected chi connectivity index (χ2v) is 11.4. The normalized spacial score (nSPS) is 23.6. The summed E-state index contributed by atoms with van der Waals surface area (Å²) in [6.45, 7) is 8.90. The molecule has 1 heterocycles. The summed E-state index contributed by atoms with van der Waals surface area (Å²) in [4.78, 5) is 29.0. The molecular weight excluding hydrogens is 442 g/mol. The Balaban J connectivity index is 1.98. The predicted octanol–water partition coefficient (Wildman–Crippen LogP) is 5.13. The van der Waals surface area contributed by atoms with E-state index in [1.54, 1.807) is 0 Å². The van der Waals surface area contributed by atoms with Crippen LogP contribution in [-0.2, 0) is 9.59 Å². The lowest BCUT2D eigenvalue weighted by Gasteiger charge is -2.49. The van der Waals surface area contributed by atoms with Crippen molar-refractivity contribution in [3.8, 4) is 0 Å². The molecule has 0 fully saturated rings. The van der Waals surface area contributed by atoms with Crippen LogP contribution < -0.4 is 0 Å². The number of carbonyl (C=O) groups excluding carboxylic acids is 2. The van der Waals surface area contributed by atoms with Gasteiger partial charge in [-0.15, -0.1) is 0 Å². The summed E-state index contributed by atoms with van der Waals surface area (Å²) in [6.07, 6.45) is 2.50. The van der Waals surface area contributed by atoms with E-state index >= 15 is 0 Å². The molecule has 1 aromatic carbocycles. The molecule has 5 heteroatoms. The number of aliphatic hydroxyl groups excluding tert-OH is 1. The molecule has 1 N–H and O–H groups in total. The number of rotatable bonds is 3. The van der Waals surface area contributed by atoms with Gasteiger partial charge >= 0.3 is 0 Å². The molecule has 1 aliphatic heterocycles. The number of benzene rings is 1. The number of halogens is 1. The van der Waals surface area contributed by atoms with E-state index in [1.165, 1.54) is 0 Å². The van der Waals surface area contributed by atoms with E-state index in [0.717, 1.165) is 45.4 Å². The van der Waals surface area contributed by atoms with Gasteiger partial charge in [-0.2, -0.15) is 0 Å². The largest absolute Gasteiger partial charge is 0.395 e. The second kappa shape index (κ2) is 7.45. The third kappa shape index (κ3) is 3.71. The number of aliphatic hydroxyl groups is 1. The van der Waals surface area contributed by atoms with Crippen molar-refractivity contribution < 1.29 is 14.7 Å². The molecule has 0 saturated carbocycles. The molecule has 160 valence electrons. The number of β-amino-alcohol motifs (C(OH)–C–C–N with tert-alkyl or cyclic N) is 1. The molecule has 4 rings (SSSR count). The van der Waals surface area contributed by atoms with Gasteiger partial charge in [0, 0.05) is 52.3 Å². The minimum absolute atomic E-state index is 0.0141. The topological polar surface area (TPSA) is 57.6 Å². The fourth-order valence-corrected chi connectivity index (χ4v) is 5.67. The van der Waals surface area contributed by atoms with Gasteiger partial charge in [-0.25, -0.2) is 0 Å². The van der Waals surface area contributed by atoms with Crippen LogP contribution >= 0.6 is 15.9 Å². The van der Waals surface area contributed by atoms with Crippen LogP contribution in [0.15, 0.2) is 51.3 Å². The highest BCUT2D eigenvalue weighted by Crippen LogP contribution is 2.54. The lowest BCUT2D eigenvalue weighted by molar-refractivity contribution is -0.119. The van der Waals surface area contributed by atoms with Gasteiger partial charge in [0.15, 0.2) is 11.6 Å². The maximum atomic E-state index is 13.5. The molecule has 1 aromatic rings. The van der Waals surface area contributed by atoms with Crippen molar-refractivity contribution in [1.82, 2.24) is 4.90 Å². The van der Waals surface area contributed by atoms with E-state index in [2.05, 4.69) is 48.5 Å². The van der Waals surface area contributed by atoms with Gasteiger partial charge < -0.3 is 10.0 Å². The van der Waals surface area contributed by atoms with Crippen molar-refractivity contribution >= 4 is 27.5 Å². The first-order valence-electron chi connectivity index (χ1n) is 10.7. The van der Waals surface area contributed by atoms with E-state index < -0.39 is 0 Å². The molecule has 0 aromatic heterocycles. The molecule has 0 atom stereocenters. The smallest absolute Gasteiger partial charge is 0.162 e. The van der Waals surface area contributed by atoms with Gasteiger partial charge in [-0.05, 0) is 41.4 Å². The molecule has 0 saturated heterocycles. The van der Waals surface area contributed by atoms with Gasteiger partial charge in [-0.1, -0.05) is 55.8 Å². The van der Waals surface area contributed by atoms with Crippen molar-refractivity contribution in [2.45, 2.75) is 59.3 Å². The fourth-order valence-electron chi connectivity index (χ4n) is 5.41. The first-order valence-corrected chi connectivity index (χ1v) is 11.5. The fraction of sp³-hybridized carbons (Fsp3) is 0.520. The Labute approximate surface area is 187 Å². The number of ketones is 2. The van der Waals surface area contributed by atoms with Crippen LogP contribution in [-0.4, -0.2) is 34.7 Å². The summed E-state index contributed by atoms with van der Waals surface area (Å²) in [5.74, 6) is -0.0622.